The topological polar surface area (TPSA) is 12.0 Å². The molecule has 1 aromatic carbocycles. The van der Waals surface area contributed by atoms with Crippen molar-refractivity contribution in [1.29, 1.82) is 0 Å². The van der Waals surface area contributed by atoms with Gasteiger partial charge in [-0.3, -0.25) is 0 Å². The van der Waals surface area contributed by atoms with E-state index in [4.69, 9.17) is 0 Å². The Labute approximate surface area is 99.2 Å². The van der Waals surface area contributed by atoms with E-state index in [2.05, 4.69) is 28.2 Å². The van der Waals surface area contributed by atoms with Gasteiger partial charge in [0.2, 0.25) is 0 Å². The molecule has 0 bridgehead atoms. The van der Waals surface area contributed by atoms with Crippen molar-refractivity contribution in [3.05, 3.63) is 28.5 Å². The Morgan fingerprint density at radius 1 is 1.27 bits per heavy atom. The molecular formula is C12H17BrFN. The van der Waals surface area contributed by atoms with Gasteiger partial charge in [0.05, 0.1) is 4.47 Å². The van der Waals surface area contributed by atoms with E-state index >= 15 is 0 Å². The zero-order valence-electron chi connectivity index (χ0n) is 9.02. The average molecular weight is 274 g/mol. The Balaban J connectivity index is 2.28. The smallest absolute Gasteiger partial charge is 0.137 e. The highest BCUT2D eigenvalue weighted by Crippen LogP contribution is 2.19. The third-order valence-electron chi connectivity index (χ3n) is 2.28. The summed E-state index contributed by atoms with van der Waals surface area (Å²) in [7, 11) is 0. The first kappa shape index (κ1) is 12.5. The second kappa shape index (κ2) is 6.83. The summed E-state index contributed by atoms with van der Waals surface area (Å²) in [5, 5.41) is 3.27. The van der Waals surface area contributed by atoms with Crippen LogP contribution in [0.25, 0.3) is 0 Å². The van der Waals surface area contributed by atoms with Crippen molar-refractivity contribution >= 4 is 21.6 Å². The molecule has 0 saturated heterocycles. The summed E-state index contributed by atoms with van der Waals surface area (Å²) >= 11 is 3.16. The Morgan fingerprint density at radius 2 is 2.07 bits per heavy atom. The molecule has 0 unspecified atom stereocenters. The summed E-state index contributed by atoms with van der Waals surface area (Å²) in [6.45, 7) is 3.16. The first-order chi connectivity index (χ1) is 7.24. The van der Waals surface area contributed by atoms with Gasteiger partial charge in [-0.25, -0.2) is 4.39 Å². The maximum atomic E-state index is 12.9. The first-order valence-electron chi connectivity index (χ1n) is 5.43. The number of halogens is 2. The zero-order valence-corrected chi connectivity index (χ0v) is 10.6. The van der Waals surface area contributed by atoms with E-state index in [1.165, 1.54) is 31.7 Å². The highest BCUT2D eigenvalue weighted by molar-refractivity contribution is 9.10. The molecule has 0 amide bonds. The largest absolute Gasteiger partial charge is 0.385 e. The lowest BCUT2D eigenvalue weighted by Gasteiger charge is -2.06. The van der Waals surface area contributed by atoms with Gasteiger partial charge in [0, 0.05) is 12.2 Å². The molecule has 0 fully saturated rings. The Morgan fingerprint density at radius 3 is 2.73 bits per heavy atom. The van der Waals surface area contributed by atoms with Crippen LogP contribution in [0.4, 0.5) is 10.1 Å². The molecule has 15 heavy (non-hydrogen) atoms. The van der Waals surface area contributed by atoms with Crippen LogP contribution in [-0.4, -0.2) is 6.54 Å². The minimum absolute atomic E-state index is 0.216. The summed E-state index contributed by atoms with van der Waals surface area (Å²) < 4.78 is 13.4. The molecule has 0 spiro atoms. The first-order valence-corrected chi connectivity index (χ1v) is 6.22. The molecule has 3 heteroatoms. The van der Waals surface area contributed by atoms with E-state index in [0.29, 0.717) is 4.47 Å². The van der Waals surface area contributed by atoms with Gasteiger partial charge in [0.15, 0.2) is 0 Å². The summed E-state index contributed by atoms with van der Waals surface area (Å²) in [5.74, 6) is -0.216. The van der Waals surface area contributed by atoms with E-state index in [-0.39, 0.29) is 5.82 Å². The number of benzene rings is 1. The van der Waals surface area contributed by atoms with Gasteiger partial charge in [-0.15, -0.1) is 0 Å². The minimum Gasteiger partial charge on any atom is -0.385 e. The van der Waals surface area contributed by atoms with Gasteiger partial charge in [-0.1, -0.05) is 26.2 Å². The molecule has 0 atom stereocenters. The van der Waals surface area contributed by atoms with Crippen LogP contribution in [0.2, 0.25) is 0 Å². The normalized spacial score (nSPS) is 10.3. The van der Waals surface area contributed by atoms with Crippen LogP contribution in [-0.2, 0) is 0 Å². The lowest BCUT2D eigenvalue weighted by molar-refractivity contribution is 0.621. The van der Waals surface area contributed by atoms with Gasteiger partial charge in [-0.05, 0) is 40.5 Å². The molecule has 1 N–H and O–H groups in total. The number of hydrogen-bond donors (Lipinski definition) is 1. The highest BCUT2D eigenvalue weighted by atomic mass is 79.9. The molecular weight excluding hydrogens is 257 g/mol. The average Bonchev–Trinajstić information content (AvgIpc) is 2.23. The molecule has 0 aliphatic heterocycles. The Kier molecular flexibility index (Phi) is 5.69. The van der Waals surface area contributed by atoms with Crippen molar-refractivity contribution in [2.75, 3.05) is 11.9 Å². The molecule has 0 heterocycles. The summed E-state index contributed by atoms with van der Waals surface area (Å²) in [6.07, 6.45) is 4.96. The van der Waals surface area contributed by atoms with Gasteiger partial charge in [-0.2, -0.15) is 0 Å². The van der Waals surface area contributed by atoms with Crippen molar-refractivity contribution in [2.45, 2.75) is 32.6 Å². The van der Waals surface area contributed by atoms with E-state index in [9.17, 15) is 4.39 Å². The van der Waals surface area contributed by atoms with E-state index in [1.54, 1.807) is 12.1 Å². The van der Waals surface area contributed by atoms with Crippen molar-refractivity contribution < 1.29 is 4.39 Å². The maximum Gasteiger partial charge on any atom is 0.137 e. The van der Waals surface area contributed by atoms with Crippen LogP contribution in [0, 0.1) is 5.82 Å². The monoisotopic (exact) mass is 273 g/mol. The van der Waals surface area contributed by atoms with Gasteiger partial charge in [0.25, 0.3) is 0 Å². The van der Waals surface area contributed by atoms with Crippen molar-refractivity contribution in [1.82, 2.24) is 0 Å². The van der Waals surface area contributed by atoms with E-state index < -0.39 is 0 Å². The second-order valence-corrected chi connectivity index (χ2v) is 4.47. The zero-order chi connectivity index (χ0) is 11.1. The molecule has 0 aliphatic carbocycles. The fourth-order valence-electron chi connectivity index (χ4n) is 1.39. The summed E-state index contributed by atoms with van der Waals surface area (Å²) in [6, 6.07) is 5.01. The lowest BCUT2D eigenvalue weighted by atomic mass is 10.2. The predicted octanol–water partition coefficient (Wildman–Crippen LogP) is 4.58. The van der Waals surface area contributed by atoms with Crippen molar-refractivity contribution in [3.8, 4) is 0 Å². The Bertz CT molecular complexity index is 302. The lowest BCUT2D eigenvalue weighted by Crippen LogP contribution is -2.01. The summed E-state index contributed by atoms with van der Waals surface area (Å²) in [5.41, 5.74) is 0.972. The molecule has 84 valence electrons. The molecule has 1 rings (SSSR count). The molecule has 1 nitrogen and oxygen atoms in total. The van der Waals surface area contributed by atoms with Crippen LogP contribution in [0.5, 0.6) is 0 Å². The van der Waals surface area contributed by atoms with Crippen LogP contribution >= 0.6 is 15.9 Å². The molecule has 0 aromatic heterocycles. The molecule has 0 aliphatic rings. The van der Waals surface area contributed by atoms with Crippen LogP contribution in [0.15, 0.2) is 22.7 Å². The summed E-state index contributed by atoms with van der Waals surface area (Å²) in [4.78, 5) is 0. The van der Waals surface area contributed by atoms with Gasteiger partial charge < -0.3 is 5.32 Å². The van der Waals surface area contributed by atoms with Gasteiger partial charge in [0.1, 0.15) is 5.82 Å². The minimum atomic E-state index is -0.216. The van der Waals surface area contributed by atoms with Crippen LogP contribution in [0.3, 0.4) is 0 Å². The number of hydrogen-bond acceptors (Lipinski definition) is 1. The second-order valence-electron chi connectivity index (χ2n) is 3.62. The van der Waals surface area contributed by atoms with Crippen LogP contribution in [0.1, 0.15) is 32.6 Å². The number of unbranched alkanes of at least 4 members (excludes halogenated alkanes) is 3. The fourth-order valence-corrected chi connectivity index (χ4v) is 1.77. The maximum absolute atomic E-state index is 12.9. The quantitative estimate of drug-likeness (QED) is 0.749. The molecule has 0 saturated carbocycles. The third-order valence-corrected chi connectivity index (χ3v) is 2.89. The van der Waals surface area contributed by atoms with Crippen molar-refractivity contribution in [3.63, 3.8) is 0 Å². The number of nitrogens with one attached hydrogen (secondary N) is 1. The third kappa shape index (κ3) is 4.65. The predicted molar refractivity (Wildman–Crippen MR) is 66.7 cm³/mol. The van der Waals surface area contributed by atoms with Gasteiger partial charge >= 0.3 is 0 Å². The Hall–Kier alpha value is -0.570. The van der Waals surface area contributed by atoms with Crippen LogP contribution < -0.4 is 5.32 Å². The standard InChI is InChI=1S/C12H17BrFN/c1-2-3-4-5-8-15-10-6-7-12(14)11(13)9-10/h6-7,9,15H,2-5,8H2,1H3. The van der Waals surface area contributed by atoms with E-state index in [0.717, 1.165) is 12.2 Å². The number of rotatable bonds is 6. The highest BCUT2D eigenvalue weighted by Gasteiger charge is 1.99. The van der Waals surface area contributed by atoms with Crippen molar-refractivity contribution in [2.24, 2.45) is 0 Å². The molecule has 0 radical (unpaired) electrons. The fraction of sp³-hybridized carbons (Fsp3) is 0.500. The SMILES string of the molecule is CCCCCCNc1ccc(F)c(Br)c1. The number of anilines is 1. The molecule has 1 aromatic rings. The van der Waals surface area contributed by atoms with E-state index in [1.807, 2.05) is 0 Å².